The van der Waals surface area contributed by atoms with E-state index in [-0.39, 0.29) is 11.3 Å². The Morgan fingerprint density at radius 3 is 2.61 bits per heavy atom. The number of rotatable bonds is 7. The summed E-state index contributed by atoms with van der Waals surface area (Å²) in [6, 6.07) is 13.1. The van der Waals surface area contributed by atoms with Crippen molar-refractivity contribution in [1.82, 2.24) is 5.43 Å². The van der Waals surface area contributed by atoms with Crippen LogP contribution in [0.25, 0.3) is 11.3 Å². The Bertz CT molecular complexity index is 1150. The molecule has 0 saturated heterocycles. The first-order valence-electron chi connectivity index (χ1n) is 9.07. The van der Waals surface area contributed by atoms with Gasteiger partial charge in [-0.15, -0.1) is 0 Å². The maximum absolute atomic E-state index is 12.1. The summed E-state index contributed by atoms with van der Waals surface area (Å²) in [5.41, 5.74) is 2.69. The van der Waals surface area contributed by atoms with Gasteiger partial charge in [0.1, 0.15) is 17.3 Å². The number of nitro benzene ring substituents is 1. The van der Waals surface area contributed by atoms with Gasteiger partial charge >= 0.3 is 5.97 Å². The monoisotopic (exact) mass is 423 g/mol. The molecule has 3 aromatic rings. The molecule has 0 fully saturated rings. The molecule has 10 heteroatoms. The van der Waals surface area contributed by atoms with Crippen LogP contribution in [0, 0.1) is 10.1 Å². The molecule has 3 rings (SSSR count). The van der Waals surface area contributed by atoms with Crippen LogP contribution in [0.4, 0.5) is 5.69 Å². The summed E-state index contributed by atoms with van der Waals surface area (Å²) >= 11 is 0. The topological polar surface area (TPSA) is 144 Å². The van der Waals surface area contributed by atoms with Gasteiger partial charge in [-0.2, -0.15) is 5.10 Å². The second-order valence-corrected chi connectivity index (χ2v) is 6.16. The minimum absolute atomic E-state index is 0.284. The third-order valence-electron chi connectivity index (χ3n) is 4.10. The molecule has 0 aliphatic rings. The van der Waals surface area contributed by atoms with E-state index in [0.717, 1.165) is 23.8 Å². The Morgan fingerprint density at radius 2 is 1.94 bits per heavy atom. The highest BCUT2D eigenvalue weighted by atomic mass is 16.6. The van der Waals surface area contributed by atoms with Gasteiger partial charge in [0.2, 0.25) is 0 Å². The van der Waals surface area contributed by atoms with E-state index in [9.17, 15) is 24.8 Å². The standard InChI is InChI=1S/C21H17N3O7/c1-2-30-21(27)14-5-3-13(4-6-14)19-10-8-16(31-19)12-22-23-20(26)17-11-15(24(28)29)7-9-18(17)25/h3-12,25H,2H2,1H3,(H,23,26)/b22-12+. The lowest BCUT2D eigenvalue weighted by atomic mass is 10.1. The van der Waals surface area contributed by atoms with Gasteiger partial charge in [0.25, 0.3) is 11.6 Å². The second-order valence-electron chi connectivity index (χ2n) is 6.16. The molecule has 2 aromatic carbocycles. The highest BCUT2D eigenvalue weighted by Gasteiger charge is 2.16. The lowest BCUT2D eigenvalue weighted by molar-refractivity contribution is -0.384. The first-order chi connectivity index (χ1) is 14.9. The van der Waals surface area contributed by atoms with Gasteiger partial charge in [0, 0.05) is 17.7 Å². The molecule has 1 aromatic heterocycles. The van der Waals surface area contributed by atoms with E-state index in [1.807, 2.05) is 0 Å². The SMILES string of the molecule is CCOC(=O)c1ccc(-c2ccc(/C=N/NC(=O)c3cc([N+](=O)[O-])ccc3O)o2)cc1. The van der Waals surface area contributed by atoms with Crippen molar-refractivity contribution in [3.8, 4) is 17.1 Å². The van der Waals surface area contributed by atoms with Crippen LogP contribution in [0.2, 0.25) is 0 Å². The Balaban J connectivity index is 1.66. The Morgan fingerprint density at radius 1 is 1.19 bits per heavy atom. The molecule has 1 amide bonds. The van der Waals surface area contributed by atoms with E-state index in [2.05, 4.69) is 10.5 Å². The van der Waals surface area contributed by atoms with Crippen molar-refractivity contribution in [1.29, 1.82) is 0 Å². The predicted molar refractivity (Wildman–Crippen MR) is 110 cm³/mol. The van der Waals surface area contributed by atoms with Crippen molar-refractivity contribution in [3.63, 3.8) is 0 Å². The van der Waals surface area contributed by atoms with Crippen LogP contribution in [0.15, 0.2) is 64.1 Å². The summed E-state index contributed by atoms with van der Waals surface area (Å²) in [6.45, 7) is 2.02. The molecule has 0 atom stereocenters. The van der Waals surface area contributed by atoms with Crippen LogP contribution in [0.5, 0.6) is 5.75 Å². The Hall–Kier alpha value is -4.47. The number of esters is 1. The van der Waals surface area contributed by atoms with Gasteiger partial charge in [-0.25, -0.2) is 10.2 Å². The van der Waals surface area contributed by atoms with E-state index in [4.69, 9.17) is 9.15 Å². The van der Waals surface area contributed by atoms with Gasteiger partial charge in [0.15, 0.2) is 0 Å². The number of benzene rings is 2. The van der Waals surface area contributed by atoms with E-state index >= 15 is 0 Å². The van der Waals surface area contributed by atoms with Gasteiger partial charge < -0.3 is 14.3 Å². The zero-order valence-electron chi connectivity index (χ0n) is 16.3. The number of hydrogen-bond acceptors (Lipinski definition) is 8. The number of ether oxygens (including phenoxy) is 1. The number of nitrogens with one attached hydrogen (secondary N) is 1. The summed E-state index contributed by atoms with van der Waals surface area (Å²) in [5.74, 6) is -0.803. The molecule has 1 heterocycles. The summed E-state index contributed by atoms with van der Waals surface area (Å²) in [5, 5.41) is 24.3. The fourth-order valence-corrected chi connectivity index (χ4v) is 2.60. The third kappa shape index (κ3) is 5.12. The zero-order chi connectivity index (χ0) is 22.4. The minimum atomic E-state index is -0.821. The average molecular weight is 423 g/mol. The normalized spacial score (nSPS) is 10.7. The van der Waals surface area contributed by atoms with Crippen molar-refractivity contribution >= 4 is 23.8 Å². The maximum Gasteiger partial charge on any atom is 0.338 e. The molecule has 0 saturated carbocycles. The van der Waals surface area contributed by atoms with Crippen molar-refractivity contribution in [3.05, 3.63) is 81.6 Å². The lowest BCUT2D eigenvalue weighted by Gasteiger charge is -2.03. The number of phenolic OH excluding ortho intramolecular Hbond substituents is 1. The number of non-ortho nitro benzene ring substituents is 1. The van der Waals surface area contributed by atoms with Crippen LogP contribution in [0.3, 0.4) is 0 Å². The quantitative estimate of drug-likeness (QED) is 0.256. The summed E-state index contributed by atoms with van der Waals surface area (Å²) in [6.07, 6.45) is 1.24. The van der Waals surface area contributed by atoms with Crippen LogP contribution < -0.4 is 5.43 Å². The third-order valence-corrected chi connectivity index (χ3v) is 4.10. The van der Waals surface area contributed by atoms with Gasteiger partial charge in [-0.1, -0.05) is 12.1 Å². The molecule has 0 radical (unpaired) electrons. The first-order valence-corrected chi connectivity index (χ1v) is 9.07. The molecule has 0 spiro atoms. The van der Waals surface area contributed by atoms with Crippen LogP contribution >= 0.6 is 0 Å². The van der Waals surface area contributed by atoms with Crippen molar-refractivity contribution in [2.24, 2.45) is 5.10 Å². The smallest absolute Gasteiger partial charge is 0.338 e. The molecular weight excluding hydrogens is 406 g/mol. The maximum atomic E-state index is 12.1. The average Bonchev–Trinajstić information content (AvgIpc) is 3.23. The predicted octanol–water partition coefficient (Wildman–Crippen LogP) is 3.50. The summed E-state index contributed by atoms with van der Waals surface area (Å²) < 4.78 is 10.6. The molecule has 0 aliphatic carbocycles. The second kappa shape index (κ2) is 9.35. The molecule has 0 bridgehead atoms. The molecule has 2 N–H and O–H groups in total. The lowest BCUT2D eigenvalue weighted by Crippen LogP contribution is -2.17. The highest BCUT2D eigenvalue weighted by molar-refractivity contribution is 5.97. The fourth-order valence-electron chi connectivity index (χ4n) is 2.60. The number of aromatic hydroxyl groups is 1. The fraction of sp³-hybridized carbons (Fsp3) is 0.0952. The summed E-state index contributed by atoms with van der Waals surface area (Å²) in [7, 11) is 0. The van der Waals surface area contributed by atoms with Gasteiger partial charge in [0.05, 0.1) is 28.9 Å². The van der Waals surface area contributed by atoms with E-state index < -0.39 is 22.5 Å². The van der Waals surface area contributed by atoms with Crippen LogP contribution in [0.1, 0.15) is 33.4 Å². The molecule has 0 unspecified atom stereocenters. The van der Waals surface area contributed by atoms with Crippen molar-refractivity contribution in [2.75, 3.05) is 6.61 Å². The largest absolute Gasteiger partial charge is 0.507 e. The molecular formula is C21H17N3O7. The van der Waals surface area contributed by atoms with Gasteiger partial charge in [-0.05, 0) is 37.3 Å². The van der Waals surface area contributed by atoms with Crippen LogP contribution in [-0.2, 0) is 4.74 Å². The number of amides is 1. The first kappa shape index (κ1) is 21.2. The number of carbonyl (C=O) groups excluding carboxylic acids is 2. The summed E-state index contributed by atoms with van der Waals surface area (Å²) in [4.78, 5) is 34.0. The van der Waals surface area contributed by atoms with E-state index in [0.29, 0.717) is 23.7 Å². The number of phenols is 1. The molecule has 158 valence electrons. The van der Waals surface area contributed by atoms with Gasteiger partial charge in [-0.3, -0.25) is 14.9 Å². The molecule has 0 aliphatic heterocycles. The number of hydrogen-bond donors (Lipinski definition) is 2. The number of nitrogens with zero attached hydrogens (tertiary/aromatic N) is 2. The van der Waals surface area contributed by atoms with Crippen molar-refractivity contribution < 1.29 is 28.8 Å². The van der Waals surface area contributed by atoms with E-state index in [1.54, 1.807) is 43.3 Å². The molecule has 31 heavy (non-hydrogen) atoms. The number of hydrazone groups is 1. The number of carbonyl (C=O) groups is 2. The number of nitro groups is 1. The highest BCUT2D eigenvalue weighted by Crippen LogP contribution is 2.23. The Kier molecular flexibility index (Phi) is 6.41. The van der Waals surface area contributed by atoms with Crippen LogP contribution in [-0.4, -0.2) is 34.7 Å². The zero-order valence-corrected chi connectivity index (χ0v) is 16.3. The Labute approximate surface area is 175 Å². The van der Waals surface area contributed by atoms with Crippen molar-refractivity contribution in [2.45, 2.75) is 6.92 Å². The van der Waals surface area contributed by atoms with E-state index in [1.165, 1.54) is 6.21 Å². The minimum Gasteiger partial charge on any atom is -0.507 e. The molecule has 10 nitrogen and oxygen atoms in total. The number of furan rings is 1.